The Kier molecular flexibility index (Phi) is 4.10. The molecule has 0 aromatic carbocycles. The van der Waals surface area contributed by atoms with E-state index in [0.717, 1.165) is 30.8 Å². The van der Waals surface area contributed by atoms with Crippen molar-refractivity contribution in [2.24, 2.45) is 0 Å². The molecule has 5 heteroatoms. The summed E-state index contributed by atoms with van der Waals surface area (Å²) in [4.78, 5) is 10.7. The molecule has 2 aromatic rings. The third kappa shape index (κ3) is 3.36. The molecule has 2 N–H and O–H groups in total. The Morgan fingerprint density at radius 1 is 1.24 bits per heavy atom. The molecule has 0 bridgehead atoms. The minimum atomic E-state index is -0.289. The Balaban J connectivity index is 1.79. The number of hydrogen-bond donors (Lipinski definition) is 1. The quantitative estimate of drug-likeness (QED) is 0.942. The van der Waals surface area contributed by atoms with Crippen molar-refractivity contribution < 1.29 is 4.39 Å². The maximum absolute atomic E-state index is 13.0. The number of piperidine rings is 1. The average Bonchev–Trinajstić information content (AvgIpc) is 2.49. The summed E-state index contributed by atoms with van der Waals surface area (Å²) in [5, 5.41) is 0. The Bertz CT molecular complexity index is 599. The highest BCUT2D eigenvalue weighted by molar-refractivity contribution is 5.31. The summed E-state index contributed by atoms with van der Waals surface area (Å²) < 4.78 is 13.0. The molecule has 110 valence electrons. The van der Waals surface area contributed by atoms with Crippen LogP contribution in [0.2, 0.25) is 0 Å². The van der Waals surface area contributed by atoms with Crippen molar-refractivity contribution >= 4 is 5.82 Å². The number of aromatic nitrogens is 2. The van der Waals surface area contributed by atoms with Crippen molar-refractivity contribution in [1.29, 1.82) is 0 Å². The highest BCUT2D eigenvalue weighted by Gasteiger charge is 2.25. The fraction of sp³-hybridized carbons (Fsp3) is 0.375. The molecule has 0 spiro atoms. The summed E-state index contributed by atoms with van der Waals surface area (Å²) in [6.45, 7) is 1.84. The second-order valence-corrected chi connectivity index (χ2v) is 5.47. The van der Waals surface area contributed by atoms with Gasteiger partial charge in [0, 0.05) is 12.7 Å². The standard InChI is InChI=1S/C16H19FN4/c17-13-4-5-14(20-10-13)15-3-1-2-8-21(15)11-12-6-7-19-16(18)9-12/h4-7,9-10,15H,1-3,8,11H2,(H2,18,19)/t15-/m1/s1. The molecule has 0 unspecified atom stereocenters. The molecule has 1 aliphatic heterocycles. The molecule has 21 heavy (non-hydrogen) atoms. The van der Waals surface area contributed by atoms with E-state index in [1.165, 1.54) is 25.1 Å². The van der Waals surface area contributed by atoms with Crippen LogP contribution in [-0.2, 0) is 6.54 Å². The summed E-state index contributed by atoms with van der Waals surface area (Å²) in [5.41, 5.74) is 7.83. The highest BCUT2D eigenvalue weighted by Crippen LogP contribution is 2.31. The van der Waals surface area contributed by atoms with Crippen LogP contribution in [-0.4, -0.2) is 21.4 Å². The maximum atomic E-state index is 13.0. The molecule has 1 aliphatic rings. The maximum Gasteiger partial charge on any atom is 0.141 e. The predicted molar refractivity (Wildman–Crippen MR) is 79.8 cm³/mol. The highest BCUT2D eigenvalue weighted by atomic mass is 19.1. The van der Waals surface area contributed by atoms with Crippen molar-refractivity contribution in [2.75, 3.05) is 12.3 Å². The number of anilines is 1. The summed E-state index contributed by atoms with van der Waals surface area (Å²) in [5.74, 6) is 0.254. The van der Waals surface area contributed by atoms with E-state index in [1.807, 2.05) is 12.1 Å². The first-order chi connectivity index (χ1) is 10.2. The zero-order chi connectivity index (χ0) is 14.7. The topological polar surface area (TPSA) is 55.0 Å². The van der Waals surface area contributed by atoms with Crippen molar-refractivity contribution in [3.05, 3.63) is 53.7 Å². The first-order valence-corrected chi connectivity index (χ1v) is 7.28. The van der Waals surface area contributed by atoms with Gasteiger partial charge in [-0.3, -0.25) is 9.88 Å². The van der Waals surface area contributed by atoms with Crippen molar-refractivity contribution in [1.82, 2.24) is 14.9 Å². The molecule has 3 rings (SSSR count). The minimum absolute atomic E-state index is 0.244. The van der Waals surface area contributed by atoms with E-state index in [9.17, 15) is 4.39 Å². The molecular weight excluding hydrogens is 267 g/mol. The van der Waals surface area contributed by atoms with Crippen LogP contribution < -0.4 is 5.73 Å². The third-order valence-electron chi connectivity index (χ3n) is 3.94. The largest absolute Gasteiger partial charge is 0.384 e. The van der Waals surface area contributed by atoms with Crippen LogP contribution in [0.3, 0.4) is 0 Å². The summed E-state index contributed by atoms with van der Waals surface area (Å²) >= 11 is 0. The number of likely N-dealkylation sites (tertiary alicyclic amines) is 1. The van der Waals surface area contributed by atoms with Gasteiger partial charge < -0.3 is 5.73 Å². The SMILES string of the molecule is Nc1cc(CN2CCCC[C@@H]2c2ccc(F)cn2)ccn1. The molecule has 0 amide bonds. The van der Waals surface area contributed by atoms with E-state index in [-0.39, 0.29) is 11.9 Å². The summed E-state index contributed by atoms with van der Waals surface area (Å²) in [6, 6.07) is 7.41. The average molecular weight is 286 g/mol. The lowest BCUT2D eigenvalue weighted by atomic mass is 9.98. The van der Waals surface area contributed by atoms with Gasteiger partial charge in [-0.2, -0.15) is 0 Å². The fourth-order valence-corrected chi connectivity index (χ4v) is 2.93. The normalized spacial score (nSPS) is 19.6. The molecular formula is C16H19FN4. The summed E-state index contributed by atoms with van der Waals surface area (Å²) in [7, 11) is 0. The Hall–Kier alpha value is -2.01. The minimum Gasteiger partial charge on any atom is -0.384 e. The first-order valence-electron chi connectivity index (χ1n) is 7.28. The lowest BCUT2D eigenvalue weighted by molar-refractivity contribution is 0.137. The van der Waals surface area contributed by atoms with Crippen LogP contribution >= 0.6 is 0 Å². The number of rotatable bonds is 3. The van der Waals surface area contributed by atoms with E-state index in [2.05, 4.69) is 14.9 Å². The van der Waals surface area contributed by atoms with Crippen LogP contribution in [0.15, 0.2) is 36.7 Å². The van der Waals surface area contributed by atoms with Crippen LogP contribution in [0, 0.1) is 5.82 Å². The molecule has 3 heterocycles. The van der Waals surface area contributed by atoms with Crippen molar-refractivity contribution in [3.8, 4) is 0 Å². The van der Waals surface area contributed by atoms with Gasteiger partial charge in [-0.25, -0.2) is 9.37 Å². The zero-order valence-electron chi connectivity index (χ0n) is 11.9. The number of halogens is 1. The van der Waals surface area contributed by atoms with Gasteiger partial charge in [-0.15, -0.1) is 0 Å². The second kappa shape index (κ2) is 6.18. The van der Waals surface area contributed by atoms with E-state index >= 15 is 0 Å². The van der Waals surface area contributed by atoms with Crippen molar-refractivity contribution in [2.45, 2.75) is 31.8 Å². The smallest absolute Gasteiger partial charge is 0.141 e. The monoisotopic (exact) mass is 286 g/mol. The van der Waals surface area contributed by atoms with Gasteiger partial charge in [0.25, 0.3) is 0 Å². The number of nitrogen functional groups attached to an aromatic ring is 1. The molecule has 0 radical (unpaired) electrons. The lowest BCUT2D eigenvalue weighted by Gasteiger charge is -2.35. The summed E-state index contributed by atoms with van der Waals surface area (Å²) in [6.07, 6.45) is 6.45. The predicted octanol–water partition coefficient (Wildman–Crippen LogP) is 2.93. The van der Waals surface area contributed by atoms with Gasteiger partial charge in [-0.05, 0) is 49.2 Å². The Labute approximate surface area is 123 Å². The van der Waals surface area contributed by atoms with Crippen LogP contribution in [0.1, 0.15) is 36.6 Å². The van der Waals surface area contributed by atoms with Gasteiger partial charge in [0.2, 0.25) is 0 Å². The van der Waals surface area contributed by atoms with Gasteiger partial charge in [0.15, 0.2) is 0 Å². The first kappa shape index (κ1) is 13.9. The zero-order valence-corrected chi connectivity index (χ0v) is 11.9. The van der Waals surface area contributed by atoms with E-state index in [0.29, 0.717) is 5.82 Å². The van der Waals surface area contributed by atoms with Gasteiger partial charge in [-0.1, -0.05) is 6.42 Å². The molecule has 2 aromatic heterocycles. The third-order valence-corrected chi connectivity index (χ3v) is 3.94. The molecule has 1 fully saturated rings. The van der Waals surface area contributed by atoms with Crippen LogP contribution in [0.25, 0.3) is 0 Å². The molecule has 0 aliphatic carbocycles. The van der Waals surface area contributed by atoms with E-state index < -0.39 is 0 Å². The number of nitrogens with two attached hydrogens (primary N) is 1. The number of pyridine rings is 2. The fourth-order valence-electron chi connectivity index (χ4n) is 2.93. The molecule has 1 saturated heterocycles. The van der Waals surface area contributed by atoms with Crippen LogP contribution in [0.4, 0.5) is 10.2 Å². The number of nitrogens with zero attached hydrogens (tertiary/aromatic N) is 3. The molecule has 4 nitrogen and oxygen atoms in total. The van der Waals surface area contributed by atoms with Crippen molar-refractivity contribution in [3.63, 3.8) is 0 Å². The lowest BCUT2D eigenvalue weighted by Crippen LogP contribution is -2.33. The Morgan fingerprint density at radius 3 is 2.90 bits per heavy atom. The van der Waals surface area contributed by atoms with Gasteiger partial charge in [0.1, 0.15) is 11.6 Å². The van der Waals surface area contributed by atoms with E-state index in [1.54, 1.807) is 12.3 Å². The Morgan fingerprint density at radius 2 is 2.14 bits per heavy atom. The molecule has 1 atom stereocenters. The van der Waals surface area contributed by atoms with Gasteiger partial charge in [0.05, 0.1) is 17.9 Å². The van der Waals surface area contributed by atoms with Crippen LogP contribution in [0.5, 0.6) is 0 Å². The van der Waals surface area contributed by atoms with Gasteiger partial charge >= 0.3 is 0 Å². The van der Waals surface area contributed by atoms with E-state index in [4.69, 9.17) is 5.73 Å². The second-order valence-electron chi connectivity index (χ2n) is 5.47. The number of hydrogen-bond acceptors (Lipinski definition) is 4. The molecule has 0 saturated carbocycles.